The molecule has 104 valence electrons. The van der Waals surface area contributed by atoms with E-state index < -0.39 is 0 Å². The van der Waals surface area contributed by atoms with E-state index in [1.54, 1.807) is 0 Å². The van der Waals surface area contributed by atoms with Crippen molar-refractivity contribution in [3.8, 4) is 5.75 Å². The molecule has 0 bridgehead atoms. The summed E-state index contributed by atoms with van der Waals surface area (Å²) in [7, 11) is 2.02. The Bertz CT molecular complexity index is 541. The molecular formula is C18H22NO+. The number of hydrogen-bond donors (Lipinski definition) is 0. The van der Waals surface area contributed by atoms with Gasteiger partial charge in [0.1, 0.15) is 12.8 Å². The Labute approximate surface area is 121 Å². The number of benzene rings is 1. The molecule has 0 fully saturated rings. The lowest BCUT2D eigenvalue weighted by Gasteiger charge is -2.04. The molecule has 0 aliphatic heterocycles. The molecule has 0 saturated carbocycles. The number of rotatable bonds is 6. The number of nitrogens with zero attached hydrogens (tertiary/aromatic N) is 1. The third kappa shape index (κ3) is 4.54. The molecule has 1 aromatic carbocycles. The minimum absolute atomic E-state index is 0.798. The molecule has 0 atom stereocenters. The lowest BCUT2D eigenvalue weighted by Crippen LogP contribution is -2.25. The quantitative estimate of drug-likeness (QED) is 0.573. The van der Waals surface area contributed by atoms with Crippen molar-refractivity contribution < 1.29 is 9.30 Å². The van der Waals surface area contributed by atoms with Crippen LogP contribution in [0.25, 0.3) is 12.2 Å². The molecule has 0 unspecified atom stereocenters. The summed E-state index contributed by atoms with van der Waals surface area (Å²) in [4.78, 5) is 0. The first-order valence-corrected chi connectivity index (χ1v) is 7.14. The maximum atomic E-state index is 5.65. The van der Waals surface area contributed by atoms with Crippen LogP contribution in [-0.2, 0) is 7.05 Å². The Morgan fingerprint density at radius 3 is 2.15 bits per heavy atom. The summed E-state index contributed by atoms with van der Waals surface area (Å²) < 4.78 is 7.68. The lowest BCUT2D eigenvalue weighted by atomic mass is 10.1. The first kappa shape index (κ1) is 14.3. The van der Waals surface area contributed by atoms with E-state index in [9.17, 15) is 0 Å². The van der Waals surface area contributed by atoms with Gasteiger partial charge in [0.25, 0.3) is 0 Å². The Hall–Kier alpha value is -2.09. The molecular weight excluding hydrogens is 246 g/mol. The van der Waals surface area contributed by atoms with Gasteiger partial charge in [0, 0.05) is 12.1 Å². The van der Waals surface area contributed by atoms with Crippen LogP contribution in [0.5, 0.6) is 5.75 Å². The second-order valence-electron chi connectivity index (χ2n) is 4.90. The van der Waals surface area contributed by atoms with Gasteiger partial charge in [0.05, 0.1) is 6.61 Å². The molecule has 0 aliphatic rings. The van der Waals surface area contributed by atoms with Crippen molar-refractivity contribution in [3.63, 3.8) is 0 Å². The molecule has 2 aromatic rings. The van der Waals surface area contributed by atoms with E-state index in [0.29, 0.717) is 0 Å². The van der Waals surface area contributed by atoms with Gasteiger partial charge in [0.2, 0.25) is 0 Å². The second-order valence-corrected chi connectivity index (χ2v) is 4.90. The van der Waals surface area contributed by atoms with E-state index in [1.807, 2.05) is 36.1 Å². The average Bonchev–Trinajstić information content (AvgIpc) is 2.48. The normalized spacial score (nSPS) is 10.9. The number of pyridine rings is 1. The molecule has 1 heterocycles. The van der Waals surface area contributed by atoms with Crippen LogP contribution in [0.3, 0.4) is 0 Å². The van der Waals surface area contributed by atoms with E-state index in [-0.39, 0.29) is 0 Å². The number of aryl methyl sites for hydroxylation is 1. The molecule has 0 aliphatic carbocycles. The first-order valence-electron chi connectivity index (χ1n) is 7.14. The van der Waals surface area contributed by atoms with Crippen molar-refractivity contribution in [1.82, 2.24) is 0 Å². The van der Waals surface area contributed by atoms with Crippen molar-refractivity contribution in [2.75, 3.05) is 6.61 Å². The fourth-order valence-corrected chi connectivity index (χ4v) is 1.83. The molecule has 0 spiro atoms. The maximum Gasteiger partial charge on any atom is 0.169 e. The molecule has 2 nitrogen and oxygen atoms in total. The molecule has 20 heavy (non-hydrogen) atoms. The SMILES string of the molecule is CCCCOc1ccc(/C=C/c2cc[n+](C)cc2)cc1. The zero-order chi connectivity index (χ0) is 14.2. The van der Waals surface area contributed by atoms with Crippen molar-refractivity contribution in [1.29, 1.82) is 0 Å². The van der Waals surface area contributed by atoms with Crippen LogP contribution >= 0.6 is 0 Å². The van der Waals surface area contributed by atoms with Gasteiger partial charge >= 0.3 is 0 Å². The third-order valence-corrected chi connectivity index (χ3v) is 3.12. The Kier molecular flexibility index (Phi) is 5.36. The van der Waals surface area contributed by atoms with Crippen LogP contribution < -0.4 is 9.30 Å². The highest BCUT2D eigenvalue weighted by Gasteiger charge is 1.94. The van der Waals surface area contributed by atoms with Crippen molar-refractivity contribution in [2.45, 2.75) is 19.8 Å². The maximum absolute atomic E-state index is 5.65. The summed E-state index contributed by atoms with van der Waals surface area (Å²) in [6.45, 7) is 2.97. The van der Waals surface area contributed by atoms with Gasteiger partial charge in [-0.3, -0.25) is 0 Å². The lowest BCUT2D eigenvalue weighted by molar-refractivity contribution is -0.671. The van der Waals surface area contributed by atoms with Crippen LogP contribution in [0.1, 0.15) is 30.9 Å². The Balaban J connectivity index is 1.94. The third-order valence-electron chi connectivity index (χ3n) is 3.12. The van der Waals surface area contributed by atoms with Crippen molar-refractivity contribution >= 4 is 12.2 Å². The molecule has 0 N–H and O–H groups in total. The zero-order valence-corrected chi connectivity index (χ0v) is 12.3. The van der Waals surface area contributed by atoms with Gasteiger partial charge < -0.3 is 4.74 Å². The Morgan fingerprint density at radius 2 is 1.55 bits per heavy atom. The monoisotopic (exact) mass is 268 g/mol. The molecule has 2 rings (SSSR count). The summed E-state index contributed by atoms with van der Waals surface area (Å²) in [5.41, 5.74) is 2.38. The number of aromatic nitrogens is 1. The topological polar surface area (TPSA) is 13.1 Å². The van der Waals surface area contributed by atoms with Gasteiger partial charge in [0.15, 0.2) is 12.4 Å². The van der Waals surface area contributed by atoms with Crippen LogP contribution in [-0.4, -0.2) is 6.61 Å². The Morgan fingerprint density at radius 1 is 0.950 bits per heavy atom. The molecule has 0 radical (unpaired) electrons. The second kappa shape index (κ2) is 7.49. The predicted octanol–water partition coefficient (Wildman–Crippen LogP) is 3.86. The van der Waals surface area contributed by atoms with Crippen molar-refractivity contribution in [2.24, 2.45) is 7.05 Å². The van der Waals surface area contributed by atoms with E-state index >= 15 is 0 Å². The van der Waals surface area contributed by atoms with Crippen LogP contribution in [0.4, 0.5) is 0 Å². The van der Waals surface area contributed by atoms with Gasteiger partial charge in [-0.2, -0.15) is 0 Å². The molecule has 0 amide bonds. The summed E-state index contributed by atoms with van der Waals surface area (Å²) >= 11 is 0. The molecule has 0 saturated heterocycles. The van der Waals surface area contributed by atoms with E-state index in [1.165, 1.54) is 11.1 Å². The fraction of sp³-hybridized carbons (Fsp3) is 0.278. The van der Waals surface area contributed by atoms with E-state index in [2.05, 4.69) is 43.3 Å². The van der Waals surface area contributed by atoms with Crippen LogP contribution in [0, 0.1) is 0 Å². The van der Waals surface area contributed by atoms with Gasteiger partial charge in [-0.15, -0.1) is 0 Å². The largest absolute Gasteiger partial charge is 0.494 e. The standard InChI is InChI=1S/C18H22NO/c1-3-4-15-20-18-9-7-16(8-10-18)5-6-17-11-13-19(2)14-12-17/h5-14H,3-4,15H2,1-2H3/q+1/b6-5+. The number of unbranched alkanes of at least 4 members (excludes halogenated alkanes) is 1. The van der Waals surface area contributed by atoms with Crippen LogP contribution in [0.15, 0.2) is 48.8 Å². The molecule has 1 aromatic heterocycles. The fourth-order valence-electron chi connectivity index (χ4n) is 1.83. The predicted molar refractivity (Wildman–Crippen MR) is 83.4 cm³/mol. The number of hydrogen-bond acceptors (Lipinski definition) is 1. The highest BCUT2D eigenvalue weighted by atomic mass is 16.5. The highest BCUT2D eigenvalue weighted by molar-refractivity contribution is 5.69. The minimum Gasteiger partial charge on any atom is -0.494 e. The van der Waals surface area contributed by atoms with Crippen LogP contribution in [0.2, 0.25) is 0 Å². The van der Waals surface area contributed by atoms with Crippen molar-refractivity contribution in [3.05, 3.63) is 59.9 Å². The van der Waals surface area contributed by atoms with E-state index in [4.69, 9.17) is 4.74 Å². The summed E-state index contributed by atoms with van der Waals surface area (Å²) in [6, 6.07) is 12.4. The van der Waals surface area contributed by atoms with E-state index in [0.717, 1.165) is 25.2 Å². The highest BCUT2D eigenvalue weighted by Crippen LogP contribution is 2.14. The first-order chi connectivity index (χ1) is 9.78. The number of ether oxygens (including phenoxy) is 1. The minimum atomic E-state index is 0.798. The summed E-state index contributed by atoms with van der Waals surface area (Å²) in [5.74, 6) is 0.947. The smallest absolute Gasteiger partial charge is 0.169 e. The summed E-state index contributed by atoms with van der Waals surface area (Å²) in [6.07, 6.45) is 10.6. The average molecular weight is 268 g/mol. The van der Waals surface area contributed by atoms with Gasteiger partial charge in [-0.25, -0.2) is 4.57 Å². The van der Waals surface area contributed by atoms with Gasteiger partial charge in [-0.05, 0) is 29.7 Å². The summed E-state index contributed by atoms with van der Waals surface area (Å²) in [5, 5.41) is 0. The zero-order valence-electron chi connectivity index (χ0n) is 12.3. The van der Waals surface area contributed by atoms with Gasteiger partial charge in [-0.1, -0.05) is 37.6 Å². The molecule has 2 heteroatoms.